The van der Waals surface area contributed by atoms with E-state index in [4.69, 9.17) is 9.47 Å². The molecule has 4 nitrogen and oxygen atoms in total. The Hall–Kier alpha value is -2.75. The van der Waals surface area contributed by atoms with E-state index >= 15 is 0 Å². The Balaban J connectivity index is 2.04. The summed E-state index contributed by atoms with van der Waals surface area (Å²) in [6.45, 7) is 2.15. The van der Waals surface area contributed by atoms with Crippen molar-refractivity contribution in [3.63, 3.8) is 0 Å². The first-order valence-electron chi connectivity index (χ1n) is 7.62. The SMILES string of the molecule is CCc1ccc2nccc(Nc3ccc(OC)cc3OC)c2c1. The van der Waals surface area contributed by atoms with Crippen LogP contribution in [0.1, 0.15) is 12.5 Å². The average molecular weight is 308 g/mol. The lowest BCUT2D eigenvalue weighted by molar-refractivity contribution is 0.395. The van der Waals surface area contributed by atoms with Crippen LogP contribution in [0.5, 0.6) is 11.5 Å². The Morgan fingerprint density at radius 3 is 2.57 bits per heavy atom. The molecule has 0 radical (unpaired) electrons. The second-order valence-electron chi connectivity index (χ2n) is 5.25. The van der Waals surface area contributed by atoms with Crippen LogP contribution in [0, 0.1) is 0 Å². The Bertz CT molecular complexity index is 831. The van der Waals surface area contributed by atoms with Gasteiger partial charge in [0.1, 0.15) is 11.5 Å². The van der Waals surface area contributed by atoms with Gasteiger partial charge in [-0.15, -0.1) is 0 Å². The highest BCUT2D eigenvalue weighted by Crippen LogP contribution is 2.33. The molecule has 0 aliphatic heterocycles. The number of benzene rings is 2. The molecule has 1 heterocycles. The van der Waals surface area contributed by atoms with E-state index in [0.717, 1.165) is 40.2 Å². The van der Waals surface area contributed by atoms with Crippen molar-refractivity contribution < 1.29 is 9.47 Å². The number of pyridine rings is 1. The van der Waals surface area contributed by atoms with Crippen LogP contribution in [-0.2, 0) is 6.42 Å². The largest absolute Gasteiger partial charge is 0.497 e. The Morgan fingerprint density at radius 1 is 0.957 bits per heavy atom. The van der Waals surface area contributed by atoms with Gasteiger partial charge in [-0.1, -0.05) is 13.0 Å². The molecule has 2 aromatic carbocycles. The van der Waals surface area contributed by atoms with Gasteiger partial charge in [-0.3, -0.25) is 4.98 Å². The summed E-state index contributed by atoms with van der Waals surface area (Å²) in [5.74, 6) is 1.50. The molecule has 4 heteroatoms. The molecule has 0 fully saturated rings. The molecule has 23 heavy (non-hydrogen) atoms. The standard InChI is InChI=1S/C19H20N2O2/c1-4-13-5-7-16-15(11-13)17(9-10-20-16)21-18-8-6-14(22-2)12-19(18)23-3/h5-12H,4H2,1-3H3,(H,20,21). The lowest BCUT2D eigenvalue weighted by atomic mass is 10.1. The normalized spacial score (nSPS) is 10.6. The predicted octanol–water partition coefficient (Wildman–Crippen LogP) is 4.56. The average Bonchev–Trinajstić information content (AvgIpc) is 2.61. The van der Waals surface area contributed by atoms with Crippen molar-refractivity contribution in [3.8, 4) is 11.5 Å². The molecule has 1 aromatic heterocycles. The van der Waals surface area contributed by atoms with E-state index in [9.17, 15) is 0 Å². The number of hydrogen-bond donors (Lipinski definition) is 1. The number of nitrogens with one attached hydrogen (secondary N) is 1. The number of rotatable bonds is 5. The van der Waals surface area contributed by atoms with E-state index in [1.165, 1.54) is 5.56 Å². The molecule has 0 bridgehead atoms. The number of ether oxygens (including phenoxy) is 2. The van der Waals surface area contributed by atoms with Crippen LogP contribution in [0.15, 0.2) is 48.7 Å². The van der Waals surface area contributed by atoms with Crippen molar-refractivity contribution >= 4 is 22.3 Å². The zero-order valence-corrected chi connectivity index (χ0v) is 13.6. The maximum absolute atomic E-state index is 5.46. The molecule has 0 saturated carbocycles. The number of anilines is 2. The van der Waals surface area contributed by atoms with Gasteiger partial charge in [0.2, 0.25) is 0 Å². The summed E-state index contributed by atoms with van der Waals surface area (Å²) in [6, 6.07) is 14.1. The van der Waals surface area contributed by atoms with Crippen molar-refractivity contribution in [2.75, 3.05) is 19.5 Å². The third-order valence-corrected chi connectivity index (χ3v) is 3.89. The van der Waals surface area contributed by atoms with Gasteiger partial charge >= 0.3 is 0 Å². The lowest BCUT2D eigenvalue weighted by Crippen LogP contribution is -1.97. The molecule has 0 saturated heterocycles. The zero-order valence-electron chi connectivity index (χ0n) is 13.6. The summed E-state index contributed by atoms with van der Waals surface area (Å²) in [5.41, 5.74) is 4.16. The molecule has 0 spiro atoms. The Labute approximate surface area is 136 Å². The van der Waals surface area contributed by atoms with Crippen LogP contribution in [0.4, 0.5) is 11.4 Å². The second kappa shape index (κ2) is 6.57. The maximum atomic E-state index is 5.46. The first-order valence-corrected chi connectivity index (χ1v) is 7.62. The van der Waals surface area contributed by atoms with Gasteiger partial charge in [0.05, 0.1) is 25.4 Å². The number of fused-ring (bicyclic) bond motifs is 1. The van der Waals surface area contributed by atoms with Gasteiger partial charge in [0.25, 0.3) is 0 Å². The van der Waals surface area contributed by atoms with E-state index in [1.54, 1.807) is 14.2 Å². The fraction of sp³-hybridized carbons (Fsp3) is 0.211. The third kappa shape index (κ3) is 3.06. The van der Waals surface area contributed by atoms with Crippen molar-refractivity contribution in [3.05, 3.63) is 54.2 Å². The van der Waals surface area contributed by atoms with Gasteiger partial charge < -0.3 is 14.8 Å². The molecule has 1 N–H and O–H groups in total. The lowest BCUT2D eigenvalue weighted by Gasteiger charge is -2.14. The van der Waals surface area contributed by atoms with E-state index in [-0.39, 0.29) is 0 Å². The highest BCUT2D eigenvalue weighted by molar-refractivity contribution is 5.93. The maximum Gasteiger partial charge on any atom is 0.145 e. The van der Waals surface area contributed by atoms with Crippen molar-refractivity contribution in [2.24, 2.45) is 0 Å². The first kappa shape index (κ1) is 15.2. The van der Waals surface area contributed by atoms with E-state index in [0.29, 0.717) is 0 Å². The van der Waals surface area contributed by atoms with E-state index in [2.05, 4.69) is 35.4 Å². The van der Waals surface area contributed by atoms with E-state index in [1.807, 2.05) is 30.5 Å². The molecule has 3 aromatic rings. The quantitative estimate of drug-likeness (QED) is 0.750. The third-order valence-electron chi connectivity index (χ3n) is 3.89. The number of aryl methyl sites for hydroxylation is 1. The minimum absolute atomic E-state index is 0.737. The summed E-state index contributed by atoms with van der Waals surface area (Å²) in [7, 11) is 3.30. The number of methoxy groups -OCH3 is 2. The summed E-state index contributed by atoms with van der Waals surface area (Å²) in [4.78, 5) is 4.44. The van der Waals surface area contributed by atoms with Gasteiger partial charge in [-0.25, -0.2) is 0 Å². The van der Waals surface area contributed by atoms with Crippen LogP contribution < -0.4 is 14.8 Å². The minimum atomic E-state index is 0.737. The molecule has 3 rings (SSSR count). The molecule has 0 atom stereocenters. The fourth-order valence-corrected chi connectivity index (χ4v) is 2.57. The molecular formula is C19H20N2O2. The molecule has 0 aliphatic rings. The van der Waals surface area contributed by atoms with Crippen LogP contribution in [-0.4, -0.2) is 19.2 Å². The van der Waals surface area contributed by atoms with Crippen LogP contribution in [0.3, 0.4) is 0 Å². The molecule has 0 aliphatic carbocycles. The second-order valence-corrected chi connectivity index (χ2v) is 5.25. The van der Waals surface area contributed by atoms with Gasteiger partial charge in [0.15, 0.2) is 0 Å². The van der Waals surface area contributed by atoms with Crippen molar-refractivity contribution in [2.45, 2.75) is 13.3 Å². The van der Waals surface area contributed by atoms with Crippen molar-refractivity contribution in [1.82, 2.24) is 4.98 Å². The Morgan fingerprint density at radius 2 is 1.83 bits per heavy atom. The monoisotopic (exact) mass is 308 g/mol. The van der Waals surface area contributed by atoms with Gasteiger partial charge in [-0.05, 0) is 42.3 Å². The van der Waals surface area contributed by atoms with Crippen LogP contribution in [0.2, 0.25) is 0 Å². The number of hydrogen-bond acceptors (Lipinski definition) is 4. The Kier molecular flexibility index (Phi) is 4.33. The topological polar surface area (TPSA) is 43.4 Å². The van der Waals surface area contributed by atoms with Crippen molar-refractivity contribution in [1.29, 1.82) is 0 Å². The molecule has 118 valence electrons. The predicted molar refractivity (Wildman–Crippen MR) is 93.9 cm³/mol. The van der Waals surface area contributed by atoms with Gasteiger partial charge in [-0.2, -0.15) is 0 Å². The smallest absolute Gasteiger partial charge is 0.145 e. The molecule has 0 amide bonds. The number of aromatic nitrogens is 1. The fourth-order valence-electron chi connectivity index (χ4n) is 2.57. The van der Waals surface area contributed by atoms with Gasteiger partial charge in [0, 0.05) is 23.3 Å². The molecule has 0 unspecified atom stereocenters. The zero-order chi connectivity index (χ0) is 16.2. The summed E-state index contributed by atoms with van der Waals surface area (Å²) < 4.78 is 10.7. The van der Waals surface area contributed by atoms with Crippen LogP contribution in [0.25, 0.3) is 10.9 Å². The highest BCUT2D eigenvalue weighted by Gasteiger charge is 2.08. The molecular weight excluding hydrogens is 288 g/mol. The number of nitrogens with zero attached hydrogens (tertiary/aromatic N) is 1. The summed E-state index contributed by atoms with van der Waals surface area (Å²) in [5, 5.41) is 4.55. The highest BCUT2D eigenvalue weighted by atomic mass is 16.5. The minimum Gasteiger partial charge on any atom is -0.497 e. The van der Waals surface area contributed by atoms with Crippen LogP contribution >= 0.6 is 0 Å². The first-order chi connectivity index (χ1) is 11.2. The summed E-state index contributed by atoms with van der Waals surface area (Å²) >= 11 is 0. The van der Waals surface area contributed by atoms with E-state index < -0.39 is 0 Å². The summed E-state index contributed by atoms with van der Waals surface area (Å²) in [6.07, 6.45) is 2.81.